The molecule has 1 N–H and O–H groups in total. The van der Waals surface area contributed by atoms with Crippen molar-refractivity contribution in [2.24, 2.45) is 10.9 Å². The van der Waals surface area contributed by atoms with Crippen LogP contribution >= 0.6 is 0 Å². The molecule has 0 radical (unpaired) electrons. The molecule has 0 spiro atoms. The maximum absolute atomic E-state index is 5.43. The zero-order valence-corrected chi connectivity index (χ0v) is 16.0. The van der Waals surface area contributed by atoms with Crippen molar-refractivity contribution in [3.8, 4) is 0 Å². The average molecular weight is 341 g/mol. The van der Waals surface area contributed by atoms with Crippen molar-refractivity contribution in [3.63, 3.8) is 0 Å². The highest BCUT2D eigenvalue weighted by Crippen LogP contribution is 2.21. The number of allylic oxidation sites excluding steroid dienone is 3. The van der Waals surface area contributed by atoms with Crippen molar-refractivity contribution in [2.75, 3.05) is 36.5 Å². The summed E-state index contributed by atoms with van der Waals surface area (Å²) in [5.74, 6) is 0.356. The molecular formula is C21H31N3O. The van der Waals surface area contributed by atoms with Crippen LogP contribution < -0.4 is 10.2 Å². The molecule has 4 heteroatoms. The largest absolute Gasteiger partial charge is 0.378 e. The molecule has 1 aliphatic heterocycles. The van der Waals surface area contributed by atoms with Crippen LogP contribution in [0.25, 0.3) is 0 Å². The second kappa shape index (κ2) is 10.0. The Balaban J connectivity index is 2.15. The van der Waals surface area contributed by atoms with E-state index in [0.717, 1.165) is 49.8 Å². The van der Waals surface area contributed by atoms with Gasteiger partial charge in [-0.1, -0.05) is 32.9 Å². The van der Waals surface area contributed by atoms with Crippen molar-refractivity contribution in [1.29, 1.82) is 0 Å². The number of morpholine rings is 1. The van der Waals surface area contributed by atoms with Gasteiger partial charge < -0.3 is 15.0 Å². The highest BCUT2D eigenvalue weighted by atomic mass is 16.5. The Bertz CT molecular complexity index is 609. The zero-order valence-electron chi connectivity index (χ0n) is 16.0. The smallest absolute Gasteiger partial charge is 0.0659 e. The van der Waals surface area contributed by atoms with E-state index in [1.807, 2.05) is 19.2 Å². The van der Waals surface area contributed by atoms with Crippen LogP contribution in [-0.2, 0) is 4.74 Å². The van der Waals surface area contributed by atoms with Gasteiger partial charge in [-0.25, -0.2) is 0 Å². The minimum absolute atomic E-state index is 0.356. The molecule has 1 aromatic carbocycles. The number of nitrogens with one attached hydrogen (secondary N) is 1. The first-order valence-corrected chi connectivity index (χ1v) is 9.24. The van der Waals surface area contributed by atoms with Crippen LogP contribution in [0.2, 0.25) is 0 Å². The number of benzene rings is 1. The molecule has 0 unspecified atom stereocenters. The number of aliphatic imine (C=N–C) groups is 1. The number of nitrogens with zero attached hydrogens (tertiary/aromatic N) is 2. The molecule has 136 valence electrons. The fraction of sp³-hybridized carbons (Fsp3) is 0.476. The lowest BCUT2D eigenvalue weighted by atomic mass is 10.0. The summed E-state index contributed by atoms with van der Waals surface area (Å²) in [6, 6.07) is 8.63. The maximum Gasteiger partial charge on any atom is 0.0659 e. The van der Waals surface area contributed by atoms with Crippen LogP contribution in [0.1, 0.15) is 34.1 Å². The van der Waals surface area contributed by atoms with Crippen LogP contribution in [0.4, 0.5) is 11.4 Å². The third kappa shape index (κ3) is 5.75. The standard InChI is InChI=1S/C21H31N3O/c1-5-7-20(21(17(3)4)22-12-6-2)23-18-8-10-19(11-9-18)24-13-15-25-16-14-24/h6-12,17,23H,5,13-16H2,1-4H3/b12-6-,20-7-,22-21+. The highest BCUT2D eigenvalue weighted by Gasteiger charge is 2.13. The number of rotatable bonds is 7. The molecule has 0 aromatic heterocycles. The number of hydrogen-bond donors (Lipinski definition) is 1. The van der Waals surface area contributed by atoms with Gasteiger partial charge in [-0.15, -0.1) is 0 Å². The van der Waals surface area contributed by atoms with Gasteiger partial charge in [-0.3, -0.25) is 4.99 Å². The molecule has 0 atom stereocenters. The van der Waals surface area contributed by atoms with Crippen molar-refractivity contribution >= 4 is 17.1 Å². The van der Waals surface area contributed by atoms with E-state index in [-0.39, 0.29) is 0 Å². The summed E-state index contributed by atoms with van der Waals surface area (Å²) in [6.07, 6.45) is 7.00. The zero-order chi connectivity index (χ0) is 18.1. The van der Waals surface area contributed by atoms with Gasteiger partial charge in [-0.2, -0.15) is 0 Å². The summed E-state index contributed by atoms with van der Waals surface area (Å²) < 4.78 is 5.43. The van der Waals surface area contributed by atoms with Gasteiger partial charge in [0.2, 0.25) is 0 Å². The normalized spacial score (nSPS) is 16.8. The predicted molar refractivity (Wildman–Crippen MR) is 109 cm³/mol. The van der Waals surface area contributed by atoms with Gasteiger partial charge in [0.1, 0.15) is 0 Å². The third-order valence-electron chi connectivity index (χ3n) is 4.12. The Morgan fingerprint density at radius 2 is 1.92 bits per heavy atom. The predicted octanol–water partition coefficient (Wildman–Crippen LogP) is 4.86. The van der Waals surface area contributed by atoms with E-state index in [2.05, 4.69) is 66.3 Å². The van der Waals surface area contributed by atoms with E-state index in [4.69, 9.17) is 4.74 Å². The van der Waals surface area contributed by atoms with Gasteiger partial charge in [0, 0.05) is 30.7 Å². The minimum Gasteiger partial charge on any atom is -0.378 e. The molecule has 0 bridgehead atoms. The quantitative estimate of drug-likeness (QED) is 0.720. The second-order valence-electron chi connectivity index (χ2n) is 6.45. The molecule has 4 nitrogen and oxygen atoms in total. The Kier molecular flexibility index (Phi) is 7.74. The third-order valence-corrected chi connectivity index (χ3v) is 4.12. The molecule has 0 amide bonds. The first kappa shape index (κ1) is 19.3. The number of ether oxygens (including phenoxy) is 1. The summed E-state index contributed by atoms with van der Waals surface area (Å²) in [5, 5.41) is 3.55. The number of anilines is 2. The summed E-state index contributed by atoms with van der Waals surface area (Å²) >= 11 is 0. The van der Waals surface area contributed by atoms with Crippen molar-refractivity contribution < 1.29 is 4.74 Å². The molecule has 1 aromatic rings. The molecule has 1 saturated heterocycles. The summed E-state index contributed by atoms with van der Waals surface area (Å²) in [6.45, 7) is 12.0. The minimum atomic E-state index is 0.356. The van der Waals surface area contributed by atoms with E-state index in [0.29, 0.717) is 5.92 Å². The van der Waals surface area contributed by atoms with E-state index in [1.54, 1.807) is 0 Å². The first-order chi connectivity index (χ1) is 12.2. The molecule has 1 heterocycles. The molecule has 2 rings (SSSR count). The van der Waals surface area contributed by atoms with Gasteiger partial charge in [0.15, 0.2) is 0 Å². The number of hydrogen-bond acceptors (Lipinski definition) is 4. The van der Waals surface area contributed by atoms with Crippen LogP contribution in [0, 0.1) is 5.92 Å². The molecule has 1 aliphatic rings. The Morgan fingerprint density at radius 1 is 1.24 bits per heavy atom. The molecule has 25 heavy (non-hydrogen) atoms. The second-order valence-corrected chi connectivity index (χ2v) is 6.45. The van der Waals surface area contributed by atoms with Crippen molar-refractivity contribution in [1.82, 2.24) is 0 Å². The molecule has 1 fully saturated rings. The summed E-state index contributed by atoms with van der Waals surface area (Å²) in [4.78, 5) is 7.00. The molecule has 0 saturated carbocycles. The van der Waals surface area contributed by atoms with Gasteiger partial charge >= 0.3 is 0 Å². The monoisotopic (exact) mass is 341 g/mol. The van der Waals surface area contributed by atoms with Crippen molar-refractivity contribution in [3.05, 3.63) is 48.3 Å². The average Bonchev–Trinajstić information content (AvgIpc) is 2.63. The van der Waals surface area contributed by atoms with E-state index >= 15 is 0 Å². The SMILES string of the molecule is C\C=C/N=C(/C(=C/CC)Nc1ccc(N2CCOCC2)cc1)C(C)C. The van der Waals surface area contributed by atoms with Crippen LogP contribution in [0.3, 0.4) is 0 Å². The Labute approximate surface area is 152 Å². The Hall–Kier alpha value is -2.07. The fourth-order valence-electron chi connectivity index (χ4n) is 2.84. The van der Waals surface area contributed by atoms with E-state index in [9.17, 15) is 0 Å². The van der Waals surface area contributed by atoms with Gasteiger partial charge in [-0.05, 0) is 43.5 Å². The van der Waals surface area contributed by atoms with Crippen molar-refractivity contribution in [2.45, 2.75) is 34.1 Å². The first-order valence-electron chi connectivity index (χ1n) is 9.24. The lowest BCUT2D eigenvalue weighted by Gasteiger charge is -2.29. The maximum atomic E-state index is 5.43. The fourth-order valence-corrected chi connectivity index (χ4v) is 2.84. The lowest BCUT2D eigenvalue weighted by molar-refractivity contribution is 0.122. The van der Waals surface area contributed by atoms with Crippen LogP contribution in [0.5, 0.6) is 0 Å². The summed E-state index contributed by atoms with van der Waals surface area (Å²) in [5.41, 5.74) is 4.51. The highest BCUT2D eigenvalue weighted by molar-refractivity contribution is 6.04. The van der Waals surface area contributed by atoms with Gasteiger partial charge in [0.25, 0.3) is 0 Å². The molecule has 0 aliphatic carbocycles. The topological polar surface area (TPSA) is 36.9 Å². The lowest BCUT2D eigenvalue weighted by Crippen LogP contribution is -2.36. The Morgan fingerprint density at radius 3 is 2.48 bits per heavy atom. The van der Waals surface area contributed by atoms with Crippen LogP contribution in [0.15, 0.2) is 53.3 Å². The summed E-state index contributed by atoms with van der Waals surface area (Å²) in [7, 11) is 0. The van der Waals surface area contributed by atoms with E-state index < -0.39 is 0 Å². The van der Waals surface area contributed by atoms with E-state index in [1.165, 1.54) is 5.69 Å². The van der Waals surface area contributed by atoms with Gasteiger partial charge in [0.05, 0.1) is 24.6 Å². The van der Waals surface area contributed by atoms with Crippen LogP contribution in [-0.4, -0.2) is 32.0 Å². The molecular weight excluding hydrogens is 310 g/mol.